The molecule has 2 aromatic carbocycles. The molecule has 4 rings (SSSR count). The zero-order valence-electron chi connectivity index (χ0n) is 15.4. The number of aromatic nitrogens is 1. The standard InChI is InChI=1S/C20H17ClFN3O3S/c1-12-9-16(15-5-3-13(22)10-18(15)23-12)20(26)24-19-11-14(4-6-17(19)21)25-7-2-8-29(25,27)28/h3-6,9-11H,2,7-8H2,1H3,(H,24,26). The Hall–Kier alpha value is -2.71. The maximum atomic E-state index is 13.5. The van der Waals surface area contributed by atoms with Crippen molar-refractivity contribution in [3.05, 3.63) is 64.6 Å². The monoisotopic (exact) mass is 433 g/mol. The molecule has 1 aliphatic rings. The van der Waals surface area contributed by atoms with Crippen molar-refractivity contribution in [3.63, 3.8) is 0 Å². The van der Waals surface area contributed by atoms with E-state index < -0.39 is 21.7 Å². The average Bonchev–Trinajstić information content (AvgIpc) is 3.01. The molecule has 1 saturated heterocycles. The molecule has 0 bridgehead atoms. The van der Waals surface area contributed by atoms with Crippen LogP contribution >= 0.6 is 11.6 Å². The summed E-state index contributed by atoms with van der Waals surface area (Å²) in [5.74, 6) is -0.796. The number of anilines is 2. The third-order valence-electron chi connectivity index (χ3n) is 4.73. The summed E-state index contributed by atoms with van der Waals surface area (Å²) in [6.07, 6.45) is 0.547. The Morgan fingerprint density at radius 1 is 1.21 bits per heavy atom. The van der Waals surface area contributed by atoms with E-state index in [1.165, 1.54) is 22.5 Å². The van der Waals surface area contributed by atoms with Crippen LogP contribution in [0, 0.1) is 12.7 Å². The molecule has 1 amide bonds. The Morgan fingerprint density at radius 3 is 2.72 bits per heavy atom. The first-order valence-corrected chi connectivity index (χ1v) is 10.9. The zero-order valence-corrected chi connectivity index (χ0v) is 17.0. The number of amides is 1. The van der Waals surface area contributed by atoms with Gasteiger partial charge in [-0.2, -0.15) is 0 Å². The molecule has 1 N–H and O–H groups in total. The number of fused-ring (bicyclic) bond motifs is 1. The largest absolute Gasteiger partial charge is 0.321 e. The van der Waals surface area contributed by atoms with Gasteiger partial charge < -0.3 is 5.32 Å². The van der Waals surface area contributed by atoms with Gasteiger partial charge in [0.2, 0.25) is 10.0 Å². The number of hydrogen-bond acceptors (Lipinski definition) is 4. The normalized spacial score (nSPS) is 15.6. The number of nitrogens with zero attached hydrogens (tertiary/aromatic N) is 2. The van der Waals surface area contributed by atoms with Crippen LogP contribution < -0.4 is 9.62 Å². The molecule has 9 heteroatoms. The highest BCUT2D eigenvalue weighted by Gasteiger charge is 2.29. The molecule has 0 spiro atoms. The lowest BCUT2D eigenvalue weighted by Gasteiger charge is -2.18. The van der Waals surface area contributed by atoms with E-state index in [-0.39, 0.29) is 10.8 Å². The van der Waals surface area contributed by atoms with Crippen LogP contribution in [0.1, 0.15) is 22.5 Å². The fraction of sp³-hybridized carbons (Fsp3) is 0.200. The van der Waals surface area contributed by atoms with Gasteiger partial charge in [0, 0.05) is 23.7 Å². The molecular weight excluding hydrogens is 417 g/mol. The van der Waals surface area contributed by atoms with Gasteiger partial charge in [-0.15, -0.1) is 0 Å². The number of hydrogen-bond donors (Lipinski definition) is 1. The van der Waals surface area contributed by atoms with Gasteiger partial charge in [-0.1, -0.05) is 11.6 Å². The highest BCUT2D eigenvalue weighted by atomic mass is 35.5. The summed E-state index contributed by atoms with van der Waals surface area (Å²) in [7, 11) is -3.36. The van der Waals surface area contributed by atoms with Crippen LogP contribution in [-0.4, -0.2) is 31.6 Å². The zero-order chi connectivity index (χ0) is 20.8. The van der Waals surface area contributed by atoms with Crippen LogP contribution in [-0.2, 0) is 10.0 Å². The van der Waals surface area contributed by atoms with Crippen molar-refractivity contribution < 1.29 is 17.6 Å². The van der Waals surface area contributed by atoms with Crippen molar-refractivity contribution in [2.75, 3.05) is 21.9 Å². The topological polar surface area (TPSA) is 79.4 Å². The Kier molecular flexibility index (Phi) is 4.92. The molecule has 1 aliphatic heterocycles. The maximum Gasteiger partial charge on any atom is 0.256 e. The predicted molar refractivity (Wildman–Crippen MR) is 112 cm³/mol. The van der Waals surface area contributed by atoms with Crippen LogP contribution in [0.2, 0.25) is 5.02 Å². The fourth-order valence-electron chi connectivity index (χ4n) is 3.41. The second-order valence-electron chi connectivity index (χ2n) is 6.83. The van der Waals surface area contributed by atoms with E-state index in [9.17, 15) is 17.6 Å². The van der Waals surface area contributed by atoms with Gasteiger partial charge in [0.1, 0.15) is 5.82 Å². The summed E-state index contributed by atoms with van der Waals surface area (Å²) >= 11 is 6.23. The summed E-state index contributed by atoms with van der Waals surface area (Å²) < 4.78 is 39.2. The van der Waals surface area contributed by atoms with Crippen LogP contribution in [0.5, 0.6) is 0 Å². The molecule has 6 nitrogen and oxygen atoms in total. The van der Waals surface area contributed by atoms with Crippen molar-refractivity contribution in [2.24, 2.45) is 0 Å². The smallest absolute Gasteiger partial charge is 0.256 e. The molecule has 1 aromatic heterocycles. The Labute approximate surface area is 172 Å². The van der Waals surface area contributed by atoms with Gasteiger partial charge in [0.25, 0.3) is 5.91 Å². The molecule has 0 saturated carbocycles. The van der Waals surface area contributed by atoms with Gasteiger partial charge >= 0.3 is 0 Å². The molecule has 3 aromatic rings. The van der Waals surface area contributed by atoms with Crippen LogP contribution in [0.25, 0.3) is 10.9 Å². The quantitative estimate of drug-likeness (QED) is 0.673. The second-order valence-corrected chi connectivity index (χ2v) is 9.25. The number of sulfonamides is 1. The molecule has 1 fully saturated rings. The summed E-state index contributed by atoms with van der Waals surface area (Å²) in [6, 6.07) is 10.3. The predicted octanol–water partition coefficient (Wildman–Crippen LogP) is 4.13. The van der Waals surface area contributed by atoms with Crippen LogP contribution in [0.4, 0.5) is 15.8 Å². The van der Waals surface area contributed by atoms with E-state index >= 15 is 0 Å². The summed E-state index contributed by atoms with van der Waals surface area (Å²) in [5, 5.41) is 3.52. The molecule has 150 valence electrons. The third-order valence-corrected chi connectivity index (χ3v) is 6.93. The number of nitrogens with one attached hydrogen (secondary N) is 1. The number of carbonyl (C=O) groups is 1. The summed E-state index contributed by atoms with van der Waals surface area (Å²) in [4.78, 5) is 17.2. The van der Waals surface area contributed by atoms with E-state index in [1.54, 1.807) is 31.2 Å². The number of rotatable bonds is 3. The van der Waals surface area contributed by atoms with Crippen molar-refractivity contribution in [1.29, 1.82) is 0 Å². The van der Waals surface area contributed by atoms with Crippen LogP contribution in [0.3, 0.4) is 0 Å². The number of pyridine rings is 1. The lowest BCUT2D eigenvalue weighted by Crippen LogP contribution is -2.25. The number of benzene rings is 2. The molecular formula is C20H17ClFN3O3S. The first-order valence-electron chi connectivity index (χ1n) is 8.93. The SMILES string of the molecule is Cc1cc(C(=O)Nc2cc(N3CCCS3(=O)=O)ccc2Cl)c2ccc(F)cc2n1. The van der Waals surface area contributed by atoms with Crippen molar-refractivity contribution >= 4 is 49.8 Å². The first kappa shape index (κ1) is 19.6. The summed E-state index contributed by atoms with van der Waals surface area (Å²) in [5.41, 5.74) is 2.00. The first-order chi connectivity index (χ1) is 13.7. The average molecular weight is 434 g/mol. The van der Waals surface area contributed by atoms with Gasteiger partial charge in [-0.25, -0.2) is 12.8 Å². The number of halogens is 2. The minimum Gasteiger partial charge on any atom is -0.321 e. The Morgan fingerprint density at radius 2 is 2.00 bits per heavy atom. The van der Waals surface area contributed by atoms with Crippen LogP contribution in [0.15, 0.2) is 42.5 Å². The Balaban J connectivity index is 1.71. The molecule has 0 aliphatic carbocycles. The van der Waals surface area contributed by atoms with Gasteiger partial charge in [-0.05, 0) is 49.7 Å². The van der Waals surface area contributed by atoms with E-state index in [4.69, 9.17) is 11.6 Å². The molecule has 0 atom stereocenters. The highest BCUT2D eigenvalue weighted by Crippen LogP contribution is 2.32. The van der Waals surface area contributed by atoms with Gasteiger partial charge in [0.15, 0.2) is 0 Å². The van der Waals surface area contributed by atoms with E-state index in [0.717, 1.165) is 0 Å². The third kappa shape index (κ3) is 3.77. The Bertz CT molecular complexity index is 1240. The minimum absolute atomic E-state index is 0.0934. The van der Waals surface area contributed by atoms with E-state index in [2.05, 4.69) is 10.3 Å². The number of aryl methyl sites for hydroxylation is 1. The molecule has 29 heavy (non-hydrogen) atoms. The van der Waals surface area contributed by atoms with Gasteiger partial charge in [-0.3, -0.25) is 14.1 Å². The van der Waals surface area contributed by atoms with Crippen molar-refractivity contribution in [1.82, 2.24) is 4.98 Å². The summed E-state index contributed by atoms with van der Waals surface area (Å²) in [6.45, 7) is 2.10. The van der Waals surface area contributed by atoms with E-state index in [0.29, 0.717) is 46.5 Å². The lowest BCUT2D eigenvalue weighted by molar-refractivity contribution is 0.102. The van der Waals surface area contributed by atoms with Crippen molar-refractivity contribution in [3.8, 4) is 0 Å². The number of carbonyl (C=O) groups excluding carboxylic acids is 1. The van der Waals surface area contributed by atoms with Gasteiger partial charge in [0.05, 0.1) is 33.2 Å². The van der Waals surface area contributed by atoms with E-state index in [1.807, 2.05) is 0 Å². The highest BCUT2D eigenvalue weighted by molar-refractivity contribution is 7.93. The molecule has 0 radical (unpaired) electrons. The lowest BCUT2D eigenvalue weighted by atomic mass is 10.1. The minimum atomic E-state index is -3.36. The molecule has 2 heterocycles. The molecule has 0 unspecified atom stereocenters. The van der Waals surface area contributed by atoms with Crippen molar-refractivity contribution in [2.45, 2.75) is 13.3 Å². The fourth-order valence-corrected chi connectivity index (χ4v) is 5.13. The maximum absolute atomic E-state index is 13.5. The second kappa shape index (κ2) is 7.27.